The van der Waals surface area contributed by atoms with Gasteiger partial charge in [-0.3, -0.25) is 4.79 Å². The van der Waals surface area contributed by atoms with Gasteiger partial charge < -0.3 is 14.4 Å². The SMILES string of the molecule is CCOC(=O)[C@]1(C)Oc2ccccc2N(Cc2ccccc2F)C1=O. The van der Waals surface area contributed by atoms with Crippen molar-refractivity contribution in [2.24, 2.45) is 0 Å². The van der Waals surface area contributed by atoms with Crippen molar-refractivity contribution in [1.82, 2.24) is 0 Å². The second kappa shape index (κ2) is 6.55. The van der Waals surface area contributed by atoms with E-state index in [1.54, 1.807) is 49.4 Å². The molecule has 2 aromatic carbocycles. The molecule has 0 N–H and O–H groups in total. The molecule has 0 saturated heterocycles. The Bertz CT molecular complexity index is 823. The fourth-order valence-corrected chi connectivity index (χ4v) is 2.75. The topological polar surface area (TPSA) is 55.8 Å². The van der Waals surface area contributed by atoms with Crippen LogP contribution >= 0.6 is 0 Å². The highest BCUT2D eigenvalue weighted by atomic mass is 19.1. The number of hydrogen-bond acceptors (Lipinski definition) is 4. The van der Waals surface area contributed by atoms with Crippen molar-refractivity contribution in [3.05, 3.63) is 59.9 Å². The minimum atomic E-state index is -1.81. The van der Waals surface area contributed by atoms with E-state index in [9.17, 15) is 14.0 Å². The zero-order chi connectivity index (χ0) is 18.0. The number of amides is 1. The Morgan fingerprint density at radius 1 is 1.20 bits per heavy atom. The molecular formula is C19H18FNO4. The summed E-state index contributed by atoms with van der Waals surface area (Å²) in [4.78, 5) is 26.7. The first kappa shape index (κ1) is 17.0. The lowest BCUT2D eigenvalue weighted by Crippen LogP contribution is -2.59. The van der Waals surface area contributed by atoms with Gasteiger partial charge in [0.15, 0.2) is 0 Å². The van der Waals surface area contributed by atoms with Crippen LogP contribution in [0.2, 0.25) is 0 Å². The van der Waals surface area contributed by atoms with Crippen molar-refractivity contribution >= 4 is 17.6 Å². The van der Waals surface area contributed by atoms with Crippen LogP contribution in [0.5, 0.6) is 5.75 Å². The smallest absolute Gasteiger partial charge is 0.360 e. The molecule has 0 aliphatic carbocycles. The van der Waals surface area contributed by atoms with Crippen LogP contribution in [0.3, 0.4) is 0 Å². The van der Waals surface area contributed by atoms with E-state index in [4.69, 9.17) is 9.47 Å². The summed E-state index contributed by atoms with van der Waals surface area (Å²) in [5, 5.41) is 0. The summed E-state index contributed by atoms with van der Waals surface area (Å²) in [6, 6.07) is 13.0. The number of carbonyl (C=O) groups is 2. The van der Waals surface area contributed by atoms with Crippen LogP contribution in [0.15, 0.2) is 48.5 Å². The maximum Gasteiger partial charge on any atom is 0.360 e. The van der Waals surface area contributed by atoms with Gasteiger partial charge in [-0.1, -0.05) is 30.3 Å². The van der Waals surface area contributed by atoms with Gasteiger partial charge in [0.2, 0.25) is 0 Å². The first-order chi connectivity index (χ1) is 12.0. The molecule has 0 unspecified atom stereocenters. The van der Waals surface area contributed by atoms with Gasteiger partial charge in [-0.15, -0.1) is 0 Å². The molecule has 1 aliphatic heterocycles. The summed E-state index contributed by atoms with van der Waals surface area (Å²) in [6.07, 6.45) is 0. The lowest BCUT2D eigenvalue weighted by atomic mass is 10.0. The molecule has 0 fully saturated rings. The van der Waals surface area contributed by atoms with Crippen LogP contribution in [0.4, 0.5) is 10.1 Å². The maximum atomic E-state index is 14.1. The van der Waals surface area contributed by atoms with E-state index in [0.29, 0.717) is 17.0 Å². The van der Waals surface area contributed by atoms with E-state index in [1.807, 2.05) is 0 Å². The number of nitrogens with zero attached hydrogens (tertiary/aromatic N) is 1. The Hall–Kier alpha value is -2.89. The first-order valence-electron chi connectivity index (χ1n) is 7.98. The molecule has 0 spiro atoms. The largest absolute Gasteiger partial charge is 0.464 e. The van der Waals surface area contributed by atoms with Crippen molar-refractivity contribution in [1.29, 1.82) is 0 Å². The summed E-state index contributed by atoms with van der Waals surface area (Å²) >= 11 is 0. The lowest BCUT2D eigenvalue weighted by molar-refractivity contribution is -0.166. The average Bonchev–Trinajstić information content (AvgIpc) is 2.60. The molecule has 3 rings (SSSR count). The predicted octanol–water partition coefficient (Wildman–Crippen LogP) is 3.07. The van der Waals surface area contributed by atoms with Gasteiger partial charge in [-0.2, -0.15) is 0 Å². The van der Waals surface area contributed by atoms with Crippen LogP contribution < -0.4 is 9.64 Å². The molecule has 1 amide bonds. The third-order valence-electron chi connectivity index (χ3n) is 4.07. The summed E-state index contributed by atoms with van der Waals surface area (Å²) in [7, 11) is 0. The fourth-order valence-electron chi connectivity index (χ4n) is 2.75. The van der Waals surface area contributed by atoms with Crippen LogP contribution in [-0.4, -0.2) is 24.1 Å². The fraction of sp³-hybridized carbons (Fsp3) is 0.263. The number of benzene rings is 2. The molecule has 0 radical (unpaired) electrons. The monoisotopic (exact) mass is 343 g/mol. The molecule has 0 aromatic heterocycles. The highest BCUT2D eigenvalue weighted by Crippen LogP contribution is 2.39. The number of para-hydroxylation sites is 2. The van der Waals surface area contributed by atoms with Gasteiger partial charge in [-0.25, -0.2) is 9.18 Å². The molecular weight excluding hydrogens is 325 g/mol. The molecule has 130 valence electrons. The normalized spacial score (nSPS) is 19.2. The van der Waals surface area contributed by atoms with E-state index in [1.165, 1.54) is 17.9 Å². The number of halogens is 1. The van der Waals surface area contributed by atoms with E-state index in [-0.39, 0.29) is 13.2 Å². The number of ether oxygens (including phenoxy) is 2. The Kier molecular flexibility index (Phi) is 4.44. The number of carbonyl (C=O) groups excluding carboxylic acids is 2. The summed E-state index contributed by atoms with van der Waals surface area (Å²) in [5.41, 5.74) is -0.980. The van der Waals surface area contributed by atoms with Gasteiger partial charge >= 0.3 is 5.97 Å². The Morgan fingerprint density at radius 3 is 2.60 bits per heavy atom. The van der Waals surface area contributed by atoms with E-state index >= 15 is 0 Å². The Morgan fingerprint density at radius 2 is 1.88 bits per heavy atom. The molecule has 6 heteroatoms. The highest BCUT2D eigenvalue weighted by Gasteiger charge is 2.52. The number of fused-ring (bicyclic) bond motifs is 1. The summed E-state index contributed by atoms with van der Waals surface area (Å²) in [5.74, 6) is -1.41. The van der Waals surface area contributed by atoms with E-state index in [0.717, 1.165) is 0 Å². The minimum absolute atomic E-state index is 0.0130. The van der Waals surface area contributed by atoms with Crippen LogP contribution in [-0.2, 0) is 20.9 Å². The van der Waals surface area contributed by atoms with Gasteiger partial charge in [0, 0.05) is 5.56 Å². The molecule has 2 aromatic rings. The molecule has 25 heavy (non-hydrogen) atoms. The zero-order valence-electron chi connectivity index (χ0n) is 14.0. The van der Waals surface area contributed by atoms with Crippen molar-refractivity contribution in [3.63, 3.8) is 0 Å². The van der Waals surface area contributed by atoms with Gasteiger partial charge in [0.1, 0.15) is 11.6 Å². The molecule has 1 heterocycles. The van der Waals surface area contributed by atoms with E-state index in [2.05, 4.69) is 0 Å². The van der Waals surface area contributed by atoms with Crippen molar-refractivity contribution in [3.8, 4) is 5.75 Å². The van der Waals surface area contributed by atoms with Gasteiger partial charge in [0.05, 0.1) is 18.8 Å². The van der Waals surface area contributed by atoms with Crippen LogP contribution in [0.25, 0.3) is 0 Å². The summed E-state index contributed by atoms with van der Waals surface area (Å²) in [6.45, 7) is 3.14. The number of anilines is 1. The van der Waals surface area contributed by atoms with Crippen molar-refractivity contribution in [2.75, 3.05) is 11.5 Å². The number of hydrogen-bond donors (Lipinski definition) is 0. The van der Waals surface area contributed by atoms with Crippen molar-refractivity contribution in [2.45, 2.75) is 26.0 Å². The van der Waals surface area contributed by atoms with Gasteiger partial charge in [0.25, 0.3) is 11.5 Å². The van der Waals surface area contributed by atoms with E-state index < -0.39 is 23.3 Å². The van der Waals surface area contributed by atoms with Crippen LogP contribution in [0.1, 0.15) is 19.4 Å². The highest BCUT2D eigenvalue weighted by molar-refractivity contribution is 6.15. The minimum Gasteiger partial charge on any atom is -0.464 e. The lowest BCUT2D eigenvalue weighted by Gasteiger charge is -2.39. The third kappa shape index (κ3) is 2.95. The quantitative estimate of drug-likeness (QED) is 0.632. The number of rotatable bonds is 4. The average molecular weight is 343 g/mol. The second-order valence-electron chi connectivity index (χ2n) is 5.81. The van der Waals surface area contributed by atoms with Crippen molar-refractivity contribution < 1.29 is 23.5 Å². The Balaban J connectivity index is 2.04. The van der Waals surface area contributed by atoms with Gasteiger partial charge in [-0.05, 0) is 32.0 Å². The Labute approximate surface area is 145 Å². The molecule has 1 aliphatic rings. The van der Waals surface area contributed by atoms with Crippen LogP contribution in [0, 0.1) is 5.82 Å². The molecule has 0 bridgehead atoms. The molecule has 1 atom stereocenters. The number of esters is 1. The zero-order valence-corrected chi connectivity index (χ0v) is 14.0. The summed E-state index contributed by atoms with van der Waals surface area (Å²) < 4.78 is 24.8. The first-order valence-corrected chi connectivity index (χ1v) is 7.98. The molecule has 0 saturated carbocycles. The predicted molar refractivity (Wildman–Crippen MR) is 89.7 cm³/mol. The maximum absolute atomic E-state index is 14.1. The molecule has 5 nitrogen and oxygen atoms in total. The third-order valence-corrected chi connectivity index (χ3v) is 4.07. The standard InChI is InChI=1S/C19H18FNO4/c1-3-24-18(23)19(2)17(22)21(12-13-8-4-5-9-14(13)20)15-10-6-7-11-16(15)25-19/h4-11H,3,12H2,1-2H3/t19-/m1/s1. The second-order valence-corrected chi connectivity index (χ2v) is 5.81.